The molecule has 3 heterocycles. The number of hydrogen-bond donors (Lipinski definition) is 3. The van der Waals surface area contributed by atoms with Crippen molar-refractivity contribution in [3.8, 4) is 0 Å². The standard InChI is InChI=1S/C15H20N6O2/c1-11-10-21(4-5-23-11)14-3-2-12(6-16-14)7-17-15(22)20-13-8-18-19-9-13/h2-3,6,8-9,11H,4-5,7,10H2,1H3,(H,18,19)(H2,17,20,22). The summed E-state index contributed by atoms with van der Waals surface area (Å²) in [6.07, 6.45) is 5.16. The lowest BCUT2D eigenvalue weighted by Crippen LogP contribution is -2.41. The van der Waals surface area contributed by atoms with Gasteiger partial charge < -0.3 is 20.3 Å². The van der Waals surface area contributed by atoms with E-state index in [9.17, 15) is 4.79 Å². The fraction of sp³-hybridized carbons (Fsp3) is 0.400. The fourth-order valence-corrected chi connectivity index (χ4v) is 2.41. The molecule has 0 aliphatic carbocycles. The molecule has 1 atom stereocenters. The Morgan fingerprint density at radius 1 is 1.48 bits per heavy atom. The van der Waals surface area contributed by atoms with Crippen LogP contribution in [0.25, 0.3) is 0 Å². The van der Waals surface area contributed by atoms with Crippen molar-refractivity contribution < 1.29 is 9.53 Å². The number of pyridine rings is 1. The van der Waals surface area contributed by atoms with Crippen LogP contribution in [-0.4, -0.2) is 47.0 Å². The Morgan fingerprint density at radius 3 is 3.09 bits per heavy atom. The molecule has 3 N–H and O–H groups in total. The molecule has 2 amide bonds. The smallest absolute Gasteiger partial charge is 0.319 e. The number of aromatic amines is 1. The van der Waals surface area contributed by atoms with Gasteiger partial charge in [0.25, 0.3) is 0 Å². The third-order valence-electron chi connectivity index (χ3n) is 3.58. The van der Waals surface area contributed by atoms with Crippen LogP contribution < -0.4 is 15.5 Å². The first-order valence-corrected chi connectivity index (χ1v) is 7.56. The van der Waals surface area contributed by atoms with Gasteiger partial charge in [0.05, 0.1) is 24.6 Å². The molecular weight excluding hydrogens is 296 g/mol. The Hall–Kier alpha value is -2.61. The van der Waals surface area contributed by atoms with Crippen molar-refractivity contribution in [2.24, 2.45) is 0 Å². The number of ether oxygens (including phenoxy) is 1. The maximum atomic E-state index is 11.7. The summed E-state index contributed by atoms with van der Waals surface area (Å²) >= 11 is 0. The molecule has 1 saturated heterocycles. The molecule has 0 saturated carbocycles. The monoisotopic (exact) mass is 316 g/mol. The number of carbonyl (C=O) groups excluding carboxylic acids is 1. The van der Waals surface area contributed by atoms with Gasteiger partial charge in [-0.05, 0) is 18.6 Å². The average molecular weight is 316 g/mol. The van der Waals surface area contributed by atoms with Crippen LogP contribution in [0.15, 0.2) is 30.7 Å². The molecule has 3 rings (SSSR count). The Labute approximate surface area is 134 Å². The highest BCUT2D eigenvalue weighted by molar-refractivity contribution is 5.88. The van der Waals surface area contributed by atoms with Gasteiger partial charge in [-0.3, -0.25) is 5.10 Å². The van der Waals surface area contributed by atoms with Gasteiger partial charge in [-0.1, -0.05) is 6.07 Å². The van der Waals surface area contributed by atoms with Crippen LogP contribution in [0.1, 0.15) is 12.5 Å². The van der Waals surface area contributed by atoms with Gasteiger partial charge in [0.2, 0.25) is 0 Å². The van der Waals surface area contributed by atoms with Crippen LogP contribution in [0.4, 0.5) is 16.3 Å². The number of carbonyl (C=O) groups is 1. The summed E-state index contributed by atoms with van der Waals surface area (Å²) in [6.45, 7) is 4.89. The van der Waals surface area contributed by atoms with Gasteiger partial charge in [0, 0.05) is 32.0 Å². The molecule has 8 nitrogen and oxygen atoms in total. The molecule has 2 aromatic rings. The normalized spacial score (nSPS) is 17.8. The van der Waals surface area contributed by atoms with Gasteiger partial charge in [0.1, 0.15) is 5.82 Å². The molecule has 1 aliphatic rings. The summed E-state index contributed by atoms with van der Waals surface area (Å²) in [5.74, 6) is 0.937. The SMILES string of the molecule is CC1CN(c2ccc(CNC(=O)Nc3cn[nH]c3)cn2)CCO1. The minimum Gasteiger partial charge on any atom is -0.375 e. The van der Waals surface area contributed by atoms with E-state index in [1.54, 1.807) is 18.6 Å². The van der Waals surface area contributed by atoms with E-state index in [2.05, 4.69) is 37.6 Å². The molecule has 1 aliphatic heterocycles. The van der Waals surface area contributed by atoms with Crippen molar-refractivity contribution in [2.75, 3.05) is 29.9 Å². The van der Waals surface area contributed by atoms with Gasteiger partial charge in [0.15, 0.2) is 0 Å². The second-order valence-corrected chi connectivity index (χ2v) is 5.45. The van der Waals surface area contributed by atoms with Crippen LogP contribution in [0, 0.1) is 0 Å². The van der Waals surface area contributed by atoms with Gasteiger partial charge >= 0.3 is 6.03 Å². The van der Waals surface area contributed by atoms with Crippen molar-refractivity contribution in [2.45, 2.75) is 19.6 Å². The quantitative estimate of drug-likeness (QED) is 0.791. The summed E-state index contributed by atoms with van der Waals surface area (Å²) in [5, 5.41) is 11.8. The van der Waals surface area contributed by atoms with Crippen molar-refractivity contribution in [3.05, 3.63) is 36.3 Å². The van der Waals surface area contributed by atoms with Gasteiger partial charge in [-0.25, -0.2) is 9.78 Å². The van der Waals surface area contributed by atoms with Crippen molar-refractivity contribution in [1.82, 2.24) is 20.5 Å². The second kappa shape index (κ2) is 7.10. The van der Waals surface area contributed by atoms with Crippen molar-refractivity contribution >= 4 is 17.5 Å². The summed E-state index contributed by atoms with van der Waals surface area (Å²) in [4.78, 5) is 18.4. The lowest BCUT2D eigenvalue weighted by molar-refractivity contribution is 0.0529. The number of hydrogen-bond acceptors (Lipinski definition) is 5. The predicted molar refractivity (Wildman–Crippen MR) is 86.3 cm³/mol. The van der Waals surface area contributed by atoms with E-state index in [0.717, 1.165) is 31.1 Å². The average Bonchev–Trinajstić information content (AvgIpc) is 3.06. The van der Waals surface area contributed by atoms with Crippen LogP contribution in [-0.2, 0) is 11.3 Å². The van der Waals surface area contributed by atoms with Crippen LogP contribution in [0.2, 0.25) is 0 Å². The minimum absolute atomic E-state index is 0.221. The van der Waals surface area contributed by atoms with Gasteiger partial charge in [-0.2, -0.15) is 5.10 Å². The number of amides is 2. The molecule has 0 bridgehead atoms. The summed E-state index contributed by atoms with van der Waals surface area (Å²) < 4.78 is 5.53. The van der Waals surface area contributed by atoms with E-state index in [1.807, 2.05) is 12.1 Å². The Bertz CT molecular complexity index is 628. The Kier molecular flexibility index (Phi) is 4.72. The highest BCUT2D eigenvalue weighted by atomic mass is 16.5. The number of H-pyrrole nitrogens is 1. The fourth-order valence-electron chi connectivity index (χ4n) is 2.41. The number of anilines is 2. The molecule has 8 heteroatoms. The minimum atomic E-state index is -0.280. The van der Waals surface area contributed by atoms with Gasteiger partial charge in [-0.15, -0.1) is 0 Å². The zero-order valence-electron chi connectivity index (χ0n) is 13.0. The number of urea groups is 1. The van der Waals surface area contributed by atoms with Crippen LogP contribution >= 0.6 is 0 Å². The van der Waals surface area contributed by atoms with E-state index in [0.29, 0.717) is 12.2 Å². The highest BCUT2D eigenvalue weighted by Crippen LogP contribution is 2.15. The third kappa shape index (κ3) is 4.19. The Balaban J connectivity index is 1.50. The summed E-state index contributed by atoms with van der Waals surface area (Å²) in [5.41, 5.74) is 1.56. The third-order valence-corrected chi connectivity index (χ3v) is 3.58. The maximum Gasteiger partial charge on any atom is 0.319 e. The van der Waals surface area contributed by atoms with Crippen LogP contribution in [0.3, 0.4) is 0 Å². The lowest BCUT2D eigenvalue weighted by atomic mass is 10.2. The first-order valence-electron chi connectivity index (χ1n) is 7.56. The molecule has 1 unspecified atom stereocenters. The first kappa shape index (κ1) is 15.3. The van der Waals surface area contributed by atoms with E-state index < -0.39 is 0 Å². The summed E-state index contributed by atoms with van der Waals surface area (Å²) in [7, 11) is 0. The molecule has 0 aromatic carbocycles. The first-order chi connectivity index (χ1) is 11.2. The number of nitrogens with zero attached hydrogens (tertiary/aromatic N) is 3. The molecular formula is C15H20N6O2. The molecule has 0 spiro atoms. The van der Waals surface area contributed by atoms with E-state index in [4.69, 9.17) is 4.74 Å². The predicted octanol–water partition coefficient (Wildman–Crippen LogP) is 1.35. The molecule has 122 valence electrons. The number of nitrogens with one attached hydrogen (secondary N) is 3. The second-order valence-electron chi connectivity index (χ2n) is 5.45. The topological polar surface area (TPSA) is 95.2 Å². The highest BCUT2D eigenvalue weighted by Gasteiger charge is 2.17. The Morgan fingerprint density at radius 2 is 2.39 bits per heavy atom. The largest absolute Gasteiger partial charge is 0.375 e. The van der Waals surface area contributed by atoms with E-state index in [-0.39, 0.29) is 12.1 Å². The summed E-state index contributed by atoms with van der Waals surface area (Å²) in [6, 6.07) is 3.67. The molecule has 23 heavy (non-hydrogen) atoms. The maximum absolute atomic E-state index is 11.7. The molecule has 1 fully saturated rings. The zero-order valence-corrected chi connectivity index (χ0v) is 13.0. The number of morpholine rings is 1. The number of aromatic nitrogens is 3. The van der Waals surface area contributed by atoms with Crippen molar-refractivity contribution in [1.29, 1.82) is 0 Å². The molecule has 2 aromatic heterocycles. The van der Waals surface area contributed by atoms with Crippen LogP contribution in [0.5, 0.6) is 0 Å². The van der Waals surface area contributed by atoms with E-state index in [1.165, 1.54) is 0 Å². The van der Waals surface area contributed by atoms with E-state index >= 15 is 0 Å². The lowest BCUT2D eigenvalue weighted by Gasteiger charge is -2.32. The zero-order chi connectivity index (χ0) is 16.1. The molecule has 0 radical (unpaired) electrons. The van der Waals surface area contributed by atoms with Crippen molar-refractivity contribution in [3.63, 3.8) is 0 Å². The number of rotatable bonds is 4.